The first-order chi connectivity index (χ1) is 25.9. The molecule has 16 nitrogen and oxygen atoms in total. The molecule has 56 heavy (non-hydrogen) atoms. The average molecular weight is 796 g/mol. The molecular weight excluding hydrogens is 752 g/mol. The maximum Gasteiger partial charge on any atom is 1.00 e. The predicted molar refractivity (Wildman–Crippen MR) is 185 cm³/mol. The van der Waals surface area contributed by atoms with Crippen molar-refractivity contribution in [1.82, 2.24) is 16.0 Å². The Morgan fingerprint density at radius 1 is 0.857 bits per heavy atom. The number of hydrogen-bond donors (Lipinski definition) is 5. The van der Waals surface area contributed by atoms with Gasteiger partial charge in [0.1, 0.15) is 36.3 Å². The Labute approximate surface area is 368 Å². The fourth-order valence-corrected chi connectivity index (χ4v) is 5.75. The third-order valence-electron chi connectivity index (χ3n) is 8.46. The van der Waals surface area contributed by atoms with Gasteiger partial charge in [-0.2, -0.15) is 0 Å². The minimum atomic E-state index is -2.63. The van der Waals surface area contributed by atoms with Gasteiger partial charge in [-0.25, -0.2) is 4.79 Å². The van der Waals surface area contributed by atoms with Gasteiger partial charge in [0.2, 0.25) is 11.7 Å². The van der Waals surface area contributed by atoms with Crippen molar-refractivity contribution in [3.8, 4) is 11.5 Å². The number of hydrogen-bond acceptors (Lipinski definition) is 13. The van der Waals surface area contributed by atoms with E-state index in [-0.39, 0.29) is 97.2 Å². The molecule has 0 aromatic heterocycles. The van der Waals surface area contributed by atoms with Crippen molar-refractivity contribution in [2.24, 2.45) is 0 Å². The van der Waals surface area contributed by atoms with Crippen molar-refractivity contribution in [1.29, 1.82) is 0 Å². The molecule has 0 unspecified atom stereocenters. The number of rotatable bonds is 19. The maximum absolute atomic E-state index is 13.0. The van der Waals surface area contributed by atoms with Crippen molar-refractivity contribution < 1.29 is 122 Å². The summed E-state index contributed by atoms with van der Waals surface area (Å²) >= 11 is 0. The molecule has 0 bridgehead atoms. The largest absolute Gasteiger partial charge is 1.00 e. The first-order valence-electron chi connectivity index (χ1n) is 17.3. The van der Waals surface area contributed by atoms with Gasteiger partial charge in [0.25, 0.3) is 5.91 Å². The Balaban J connectivity index is 0.00000541. The summed E-state index contributed by atoms with van der Waals surface area (Å²) < 4.78 is 22.6. The Bertz CT molecular complexity index is 1710. The van der Waals surface area contributed by atoms with Gasteiger partial charge in [-0.1, -0.05) is 55.0 Å². The van der Waals surface area contributed by atoms with Crippen LogP contribution in [0.5, 0.6) is 11.5 Å². The number of carboxylic acid groups (broad SMARTS) is 2. The predicted octanol–water partition coefficient (Wildman–Crippen LogP) is -5.70. The number of ether oxygens (including phenoxy) is 4. The van der Waals surface area contributed by atoms with Crippen LogP contribution < -0.4 is 90.0 Å². The van der Waals surface area contributed by atoms with E-state index in [0.717, 1.165) is 6.92 Å². The number of benzene rings is 3. The molecule has 290 valence electrons. The monoisotopic (exact) mass is 795 g/mol. The molecule has 0 radical (unpaired) electrons. The zero-order valence-corrected chi connectivity index (χ0v) is 35.5. The van der Waals surface area contributed by atoms with Crippen molar-refractivity contribution in [3.05, 3.63) is 96.1 Å². The van der Waals surface area contributed by atoms with Gasteiger partial charge in [-0.3, -0.25) is 9.59 Å². The van der Waals surface area contributed by atoms with Crippen LogP contribution in [0.25, 0.3) is 0 Å². The SMILES string of the molecule is CC(=O)N[C@H]1[C@H]([C@H](O)[C@H](O)CNC(=O)c2ccc(Oc3ccccc3)cc2)O[C@@](OCCCCCC(=O)[O-])(C(=O)[O-])C[C@@H]1NC(=O)OCc1ccccc1.[Na+].[Na+]. The molecule has 1 heterocycles. The molecular formula is C38H43N3Na2O13. The van der Waals surface area contributed by atoms with Crippen LogP contribution in [0.15, 0.2) is 84.9 Å². The topological polar surface area (TPSA) is 245 Å². The van der Waals surface area contributed by atoms with E-state index in [1.165, 1.54) is 12.1 Å². The second-order valence-corrected chi connectivity index (χ2v) is 12.6. The summed E-state index contributed by atoms with van der Waals surface area (Å²) in [6, 6.07) is 21.1. The normalized spacial score (nSPS) is 19.7. The van der Waals surface area contributed by atoms with Gasteiger partial charge >= 0.3 is 65.2 Å². The molecule has 3 amide bonds. The van der Waals surface area contributed by atoms with Gasteiger partial charge < -0.3 is 64.9 Å². The molecule has 1 saturated heterocycles. The Hall–Kier alpha value is -3.55. The van der Waals surface area contributed by atoms with Crippen LogP contribution in [0.3, 0.4) is 0 Å². The number of unbranched alkanes of at least 4 members (excludes halogenated alkanes) is 2. The summed E-state index contributed by atoms with van der Waals surface area (Å²) in [6.07, 6.45) is -6.66. The second kappa shape index (κ2) is 24.3. The molecule has 0 aliphatic carbocycles. The summed E-state index contributed by atoms with van der Waals surface area (Å²) in [5, 5.41) is 53.5. The zero-order chi connectivity index (χ0) is 39.1. The van der Waals surface area contributed by atoms with E-state index in [0.29, 0.717) is 23.5 Å². The minimum Gasteiger partial charge on any atom is -0.550 e. The van der Waals surface area contributed by atoms with Gasteiger partial charge in [0.15, 0.2) is 0 Å². The maximum atomic E-state index is 13.0. The van der Waals surface area contributed by atoms with Gasteiger partial charge in [0, 0.05) is 31.4 Å². The molecule has 1 fully saturated rings. The quantitative estimate of drug-likeness (QED) is 0.0562. The standard InChI is InChI=1S/C38H45N3O13.2Na/c1-24(42)40-32-29(41-37(50)51-23-25-11-5-2-6-12-25)21-38(36(48)49,52-20-10-4-9-15-31(44)45)54-34(32)33(46)30(43)22-39-35(47)26-16-18-28(19-17-26)53-27-13-7-3-8-14-27;;/h2-3,5-8,11-14,16-19,29-30,32-34,43,46H,4,9-10,15,20-23H2,1H3,(H,39,47)(H,40,42)(H,41,50)(H,44,45)(H,48,49);;/q;2*+1/p-2/t29-,30+,32+,33+,34+,38+;;/m0../s1. The molecule has 0 spiro atoms. The van der Waals surface area contributed by atoms with Crippen LogP contribution in [-0.4, -0.2) is 89.4 Å². The molecule has 5 N–H and O–H groups in total. The second-order valence-electron chi connectivity index (χ2n) is 12.6. The van der Waals surface area contributed by atoms with E-state index < -0.39 is 79.0 Å². The van der Waals surface area contributed by atoms with Crippen molar-refractivity contribution in [2.45, 2.75) is 81.8 Å². The first-order valence-corrected chi connectivity index (χ1v) is 17.3. The molecule has 0 saturated carbocycles. The molecule has 1 aliphatic rings. The third-order valence-corrected chi connectivity index (χ3v) is 8.46. The summed E-state index contributed by atoms with van der Waals surface area (Å²) in [7, 11) is 0. The van der Waals surface area contributed by atoms with Crippen LogP contribution in [0.2, 0.25) is 0 Å². The van der Waals surface area contributed by atoms with Crippen LogP contribution in [0, 0.1) is 0 Å². The van der Waals surface area contributed by atoms with E-state index in [9.17, 15) is 44.4 Å². The molecule has 3 aromatic rings. The fraction of sp³-hybridized carbons (Fsp3) is 0.395. The van der Waals surface area contributed by atoms with Crippen LogP contribution in [0.1, 0.15) is 54.9 Å². The van der Waals surface area contributed by atoms with Gasteiger partial charge in [-0.15, -0.1) is 0 Å². The molecule has 4 rings (SSSR count). The number of aliphatic hydroxyl groups is 2. The number of amides is 3. The smallest absolute Gasteiger partial charge is 0.550 e. The number of carboxylic acids is 2. The van der Waals surface area contributed by atoms with Crippen molar-refractivity contribution in [2.75, 3.05) is 13.2 Å². The van der Waals surface area contributed by atoms with E-state index in [1.807, 2.05) is 18.2 Å². The third kappa shape index (κ3) is 15.1. The fourth-order valence-electron chi connectivity index (χ4n) is 5.75. The summed E-state index contributed by atoms with van der Waals surface area (Å²) in [4.78, 5) is 61.8. The summed E-state index contributed by atoms with van der Waals surface area (Å²) in [5.74, 6) is -5.97. The number of aliphatic hydroxyl groups excluding tert-OH is 2. The minimum absolute atomic E-state index is 0. The first kappa shape index (κ1) is 48.6. The Morgan fingerprint density at radius 2 is 1.48 bits per heavy atom. The molecule has 1 aliphatic heterocycles. The number of aliphatic carboxylic acids is 2. The number of nitrogens with one attached hydrogen (secondary N) is 3. The van der Waals surface area contributed by atoms with E-state index in [2.05, 4.69) is 16.0 Å². The van der Waals surface area contributed by atoms with E-state index >= 15 is 0 Å². The van der Waals surface area contributed by atoms with E-state index in [1.54, 1.807) is 54.6 Å². The number of carbonyl (C=O) groups is 5. The zero-order valence-electron chi connectivity index (χ0n) is 31.5. The molecule has 6 atom stereocenters. The Morgan fingerprint density at radius 3 is 2.09 bits per heavy atom. The van der Waals surface area contributed by atoms with Gasteiger partial charge in [0.05, 0.1) is 24.8 Å². The van der Waals surface area contributed by atoms with Crippen molar-refractivity contribution >= 4 is 29.8 Å². The Kier molecular flexibility index (Phi) is 21.1. The molecule has 3 aromatic carbocycles. The number of alkyl carbamates (subject to hydrolysis) is 1. The van der Waals surface area contributed by atoms with E-state index in [4.69, 9.17) is 18.9 Å². The van der Waals surface area contributed by atoms with Crippen molar-refractivity contribution in [3.63, 3.8) is 0 Å². The summed E-state index contributed by atoms with van der Waals surface area (Å²) in [6.45, 7) is 0.171. The van der Waals surface area contributed by atoms with Crippen LogP contribution in [0.4, 0.5) is 4.79 Å². The average Bonchev–Trinajstić information content (AvgIpc) is 3.15. The molecule has 18 heteroatoms. The van der Waals surface area contributed by atoms with Gasteiger partial charge in [-0.05, 0) is 61.2 Å². The van der Waals surface area contributed by atoms with Crippen LogP contribution in [-0.2, 0) is 35.2 Å². The summed E-state index contributed by atoms with van der Waals surface area (Å²) in [5.41, 5.74) is 0.850. The number of carbonyl (C=O) groups excluding carboxylic acids is 5. The van der Waals surface area contributed by atoms with Crippen LogP contribution >= 0.6 is 0 Å². The number of para-hydroxylation sites is 1.